The van der Waals surface area contributed by atoms with Crippen molar-refractivity contribution < 1.29 is 13.2 Å². The molecule has 0 radical (unpaired) electrons. The highest BCUT2D eigenvalue weighted by Gasteiger charge is 2.33. The highest BCUT2D eigenvalue weighted by atomic mass is 19.4. The van der Waals surface area contributed by atoms with Gasteiger partial charge in [0, 0.05) is 37.0 Å². The van der Waals surface area contributed by atoms with Gasteiger partial charge in [-0.1, -0.05) is 0 Å². The number of anilines is 1. The number of fused-ring (bicyclic) bond motifs is 1. The average Bonchev–Trinajstić information content (AvgIpc) is 2.69. The molecule has 0 atom stereocenters. The normalized spacial score (nSPS) is 18.2. The maximum absolute atomic E-state index is 12.7. The molecule has 1 fully saturated rings. The van der Waals surface area contributed by atoms with Gasteiger partial charge in [0.2, 0.25) is 0 Å². The van der Waals surface area contributed by atoms with E-state index in [1.165, 1.54) is 16.6 Å². The molecule has 1 aliphatic heterocycles. The number of rotatable bonds is 3. The van der Waals surface area contributed by atoms with Gasteiger partial charge in [0.1, 0.15) is 12.1 Å². The van der Waals surface area contributed by atoms with Crippen LogP contribution in [0, 0.1) is 5.92 Å². The summed E-state index contributed by atoms with van der Waals surface area (Å²) in [5.74, 6) is 1.25. The molecule has 0 bridgehead atoms. The van der Waals surface area contributed by atoms with Gasteiger partial charge in [0.15, 0.2) is 5.69 Å². The van der Waals surface area contributed by atoms with Crippen molar-refractivity contribution >= 4 is 5.82 Å². The predicted molar refractivity (Wildman–Crippen MR) is 97.1 cm³/mol. The van der Waals surface area contributed by atoms with Gasteiger partial charge in [0.05, 0.1) is 6.33 Å². The third-order valence-electron chi connectivity index (χ3n) is 5.64. The molecule has 0 N–H and O–H groups in total. The molecule has 2 aromatic rings. The Balaban J connectivity index is 1.41. The van der Waals surface area contributed by atoms with E-state index in [1.54, 1.807) is 6.33 Å². The van der Waals surface area contributed by atoms with Crippen LogP contribution in [0.25, 0.3) is 0 Å². The predicted octanol–water partition coefficient (Wildman–Crippen LogP) is 2.85. The monoisotopic (exact) mass is 393 g/mol. The molecular weight excluding hydrogens is 371 g/mol. The van der Waals surface area contributed by atoms with E-state index in [0.29, 0.717) is 12.6 Å². The van der Waals surface area contributed by atoms with Crippen molar-refractivity contribution in [3.63, 3.8) is 0 Å². The molecule has 28 heavy (non-hydrogen) atoms. The molecule has 3 heterocycles. The lowest BCUT2D eigenvalue weighted by Crippen LogP contribution is -2.37. The molecule has 9 heteroatoms. The summed E-state index contributed by atoms with van der Waals surface area (Å²) < 4.78 is 39.2. The Morgan fingerprint density at radius 1 is 1.07 bits per heavy atom. The lowest BCUT2D eigenvalue weighted by Gasteiger charge is -2.34. The Morgan fingerprint density at radius 2 is 1.82 bits per heavy atom. The first-order valence-corrected chi connectivity index (χ1v) is 9.63. The van der Waals surface area contributed by atoms with Crippen LogP contribution in [0.4, 0.5) is 19.0 Å². The van der Waals surface area contributed by atoms with Crippen molar-refractivity contribution in [1.29, 1.82) is 0 Å². The minimum absolute atomic E-state index is 0.227. The Morgan fingerprint density at radius 3 is 2.54 bits per heavy atom. The fraction of sp³-hybridized carbons (Fsp3) is 0.579. The van der Waals surface area contributed by atoms with E-state index in [0.717, 1.165) is 63.0 Å². The van der Waals surface area contributed by atoms with Crippen molar-refractivity contribution in [2.75, 3.05) is 18.0 Å². The molecule has 6 nitrogen and oxygen atoms in total. The van der Waals surface area contributed by atoms with Gasteiger partial charge < -0.3 is 4.90 Å². The third kappa shape index (κ3) is 3.88. The maximum atomic E-state index is 12.7. The highest BCUT2D eigenvalue weighted by Crippen LogP contribution is 2.30. The molecule has 0 saturated carbocycles. The Kier molecular flexibility index (Phi) is 5.07. The third-order valence-corrected chi connectivity index (χ3v) is 5.64. The second-order valence-corrected chi connectivity index (χ2v) is 7.52. The van der Waals surface area contributed by atoms with Crippen molar-refractivity contribution in [1.82, 2.24) is 19.5 Å². The van der Waals surface area contributed by atoms with E-state index in [-0.39, 0.29) is 5.92 Å². The number of hydrogen-bond acceptors (Lipinski definition) is 5. The van der Waals surface area contributed by atoms with Gasteiger partial charge in [-0.05, 0) is 44.4 Å². The van der Waals surface area contributed by atoms with Crippen LogP contribution in [0.5, 0.6) is 0 Å². The second-order valence-electron chi connectivity index (χ2n) is 7.52. The number of alkyl halides is 3. The zero-order chi connectivity index (χ0) is 19.7. The van der Waals surface area contributed by atoms with Gasteiger partial charge in [-0.3, -0.25) is 9.36 Å². The number of nitrogens with zero attached hydrogens (tertiary/aromatic N) is 5. The van der Waals surface area contributed by atoms with Crippen LogP contribution < -0.4 is 10.5 Å². The fourth-order valence-corrected chi connectivity index (χ4v) is 4.10. The minimum atomic E-state index is -4.60. The average molecular weight is 393 g/mol. The smallest absolute Gasteiger partial charge is 0.356 e. The van der Waals surface area contributed by atoms with Gasteiger partial charge in [-0.2, -0.15) is 13.2 Å². The van der Waals surface area contributed by atoms with Crippen LogP contribution in [-0.2, 0) is 25.6 Å². The summed E-state index contributed by atoms with van der Waals surface area (Å²) in [7, 11) is 0. The lowest BCUT2D eigenvalue weighted by molar-refractivity contribution is -0.141. The van der Waals surface area contributed by atoms with Gasteiger partial charge in [-0.25, -0.2) is 15.0 Å². The van der Waals surface area contributed by atoms with E-state index in [9.17, 15) is 18.0 Å². The highest BCUT2D eigenvalue weighted by molar-refractivity contribution is 5.49. The summed E-state index contributed by atoms with van der Waals surface area (Å²) in [5.41, 5.74) is 0.614. The summed E-state index contributed by atoms with van der Waals surface area (Å²) in [6.07, 6.45) is 4.11. The molecular formula is C19H22F3N5O. The molecule has 1 saturated heterocycles. The Hall–Kier alpha value is -2.45. The first-order valence-electron chi connectivity index (χ1n) is 9.63. The number of hydrogen-bond donors (Lipinski definition) is 0. The van der Waals surface area contributed by atoms with Crippen LogP contribution in [0.3, 0.4) is 0 Å². The molecule has 150 valence electrons. The molecule has 0 spiro atoms. The van der Waals surface area contributed by atoms with Crippen molar-refractivity contribution in [3.05, 3.63) is 46.0 Å². The van der Waals surface area contributed by atoms with E-state index < -0.39 is 17.4 Å². The van der Waals surface area contributed by atoms with E-state index in [1.807, 2.05) is 0 Å². The van der Waals surface area contributed by atoms with Crippen LogP contribution in [-0.4, -0.2) is 32.6 Å². The van der Waals surface area contributed by atoms with Crippen molar-refractivity contribution in [2.45, 2.75) is 51.2 Å². The first-order chi connectivity index (χ1) is 13.4. The summed E-state index contributed by atoms with van der Waals surface area (Å²) in [6, 6.07) is 0.572. The van der Waals surface area contributed by atoms with Crippen LogP contribution in [0.1, 0.15) is 42.6 Å². The van der Waals surface area contributed by atoms with Crippen molar-refractivity contribution in [2.24, 2.45) is 5.92 Å². The summed E-state index contributed by atoms with van der Waals surface area (Å²) in [5, 5.41) is 0. The quantitative estimate of drug-likeness (QED) is 0.803. The first kappa shape index (κ1) is 18.9. The number of aromatic nitrogens is 4. The van der Waals surface area contributed by atoms with Crippen molar-refractivity contribution in [3.8, 4) is 0 Å². The molecule has 1 aliphatic carbocycles. The fourth-order valence-electron chi connectivity index (χ4n) is 4.10. The summed E-state index contributed by atoms with van der Waals surface area (Å²) >= 11 is 0. The summed E-state index contributed by atoms with van der Waals surface area (Å²) in [6.45, 7) is 2.02. The number of aryl methyl sites for hydroxylation is 1. The largest absolute Gasteiger partial charge is 0.433 e. The number of piperidine rings is 1. The van der Waals surface area contributed by atoms with Gasteiger partial charge in [-0.15, -0.1) is 0 Å². The van der Waals surface area contributed by atoms with Crippen LogP contribution >= 0.6 is 0 Å². The second kappa shape index (κ2) is 7.52. The topological polar surface area (TPSA) is 63.9 Å². The zero-order valence-electron chi connectivity index (χ0n) is 15.5. The van der Waals surface area contributed by atoms with Gasteiger partial charge in [0.25, 0.3) is 5.56 Å². The SMILES string of the molecule is O=c1cc(C(F)(F)F)ncn1CC1CCN(c2ncnc3c2CCCC3)CC1. The Labute approximate surface area is 160 Å². The van der Waals surface area contributed by atoms with E-state index in [2.05, 4.69) is 19.9 Å². The molecule has 0 amide bonds. The Bertz CT molecular complexity index is 903. The molecule has 2 aromatic heterocycles. The lowest BCUT2D eigenvalue weighted by atomic mass is 9.93. The number of halogens is 3. The molecule has 2 aliphatic rings. The molecule has 4 rings (SSSR count). The summed E-state index contributed by atoms with van der Waals surface area (Å²) in [4.78, 5) is 26.6. The standard InChI is InChI=1S/C19H22F3N5O/c20-19(21,22)16-9-17(28)27(12-25-16)10-13-5-7-26(8-6-13)18-14-3-1-2-4-15(14)23-11-24-18/h9,11-13H,1-8,10H2. The van der Waals surface area contributed by atoms with Gasteiger partial charge >= 0.3 is 6.18 Å². The van der Waals surface area contributed by atoms with Crippen LogP contribution in [0.15, 0.2) is 23.5 Å². The maximum Gasteiger partial charge on any atom is 0.433 e. The zero-order valence-corrected chi connectivity index (χ0v) is 15.5. The van der Waals surface area contributed by atoms with Crippen LogP contribution in [0.2, 0.25) is 0 Å². The molecule has 0 aromatic carbocycles. The van der Waals surface area contributed by atoms with E-state index >= 15 is 0 Å². The minimum Gasteiger partial charge on any atom is -0.356 e. The van der Waals surface area contributed by atoms with E-state index in [4.69, 9.17) is 0 Å². The molecule has 0 unspecified atom stereocenters.